The Kier molecular flexibility index (Phi) is 3.48. The Morgan fingerprint density at radius 1 is 1.33 bits per heavy atom. The van der Waals surface area contributed by atoms with E-state index in [1.165, 1.54) is 0 Å². The van der Waals surface area contributed by atoms with Gasteiger partial charge in [-0.1, -0.05) is 11.6 Å². The number of pyridine rings is 1. The Morgan fingerprint density at radius 2 is 2.10 bits per heavy atom. The number of hydrogen-bond donors (Lipinski definition) is 0. The molecule has 3 rings (SSSR count). The summed E-state index contributed by atoms with van der Waals surface area (Å²) < 4.78 is 5.47. The second-order valence-electron chi connectivity index (χ2n) is 6.67. The summed E-state index contributed by atoms with van der Waals surface area (Å²) >= 11 is 5.82. The number of nitrogens with zero attached hydrogens (tertiary/aromatic N) is 3. The van der Waals surface area contributed by atoms with Crippen LogP contribution in [0.5, 0.6) is 0 Å². The molecule has 2 aliphatic rings. The molecule has 2 bridgehead atoms. The van der Waals surface area contributed by atoms with E-state index in [1.807, 2.05) is 31.7 Å². The monoisotopic (exact) mass is 309 g/mol. The van der Waals surface area contributed by atoms with Gasteiger partial charge in [0.1, 0.15) is 10.8 Å². The average molecular weight is 310 g/mol. The molecule has 3 heterocycles. The predicted molar refractivity (Wildman–Crippen MR) is 81.7 cm³/mol. The van der Waals surface area contributed by atoms with Crippen LogP contribution in [-0.4, -0.2) is 46.8 Å². The van der Waals surface area contributed by atoms with E-state index in [0.717, 1.165) is 18.7 Å². The molecule has 1 unspecified atom stereocenters. The molecule has 0 radical (unpaired) electrons. The van der Waals surface area contributed by atoms with Gasteiger partial charge >= 0.3 is 6.09 Å². The van der Waals surface area contributed by atoms with Crippen molar-refractivity contribution in [2.24, 2.45) is 0 Å². The number of amides is 1. The van der Waals surface area contributed by atoms with Crippen LogP contribution in [-0.2, 0) is 4.74 Å². The van der Waals surface area contributed by atoms with Crippen molar-refractivity contribution in [3.05, 3.63) is 23.5 Å². The summed E-state index contributed by atoms with van der Waals surface area (Å²) in [5.74, 6) is 0. The van der Waals surface area contributed by atoms with E-state index in [9.17, 15) is 4.79 Å². The zero-order chi connectivity index (χ0) is 15.2. The summed E-state index contributed by atoms with van der Waals surface area (Å²) in [6.45, 7) is 7.22. The van der Waals surface area contributed by atoms with Gasteiger partial charge in [-0.15, -0.1) is 0 Å². The Bertz CT molecular complexity index is 541. The number of aromatic nitrogens is 1. The number of likely N-dealkylation sites (tertiary alicyclic amines) is 1. The minimum absolute atomic E-state index is 0.205. The Balaban J connectivity index is 1.66. The van der Waals surface area contributed by atoms with Crippen molar-refractivity contribution in [2.75, 3.05) is 18.0 Å². The molecule has 21 heavy (non-hydrogen) atoms. The molecule has 1 aromatic rings. The maximum absolute atomic E-state index is 12.2. The van der Waals surface area contributed by atoms with E-state index in [0.29, 0.717) is 17.7 Å². The van der Waals surface area contributed by atoms with E-state index in [2.05, 4.69) is 9.88 Å². The van der Waals surface area contributed by atoms with Crippen molar-refractivity contribution in [1.82, 2.24) is 9.88 Å². The third kappa shape index (κ3) is 2.93. The van der Waals surface area contributed by atoms with Gasteiger partial charge in [-0.05, 0) is 39.3 Å². The van der Waals surface area contributed by atoms with Crippen molar-refractivity contribution in [3.8, 4) is 0 Å². The van der Waals surface area contributed by atoms with Crippen molar-refractivity contribution in [1.29, 1.82) is 0 Å². The van der Waals surface area contributed by atoms with Gasteiger partial charge in [0.2, 0.25) is 0 Å². The van der Waals surface area contributed by atoms with E-state index < -0.39 is 5.60 Å². The van der Waals surface area contributed by atoms with Crippen LogP contribution in [0.2, 0.25) is 5.15 Å². The SMILES string of the molecule is CC(C)(C)OC(=O)N1C[C@@H]2CC1CN2c1ccc(Cl)nc1. The molecule has 2 aliphatic heterocycles. The van der Waals surface area contributed by atoms with Gasteiger partial charge in [-0.25, -0.2) is 9.78 Å². The lowest BCUT2D eigenvalue weighted by Crippen LogP contribution is -2.50. The molecule has 0 aliphatic carbocycles. The summed E-state index contributed by atoms with van der Waals surface area (Å²) in [5, 5.41) is 0.499. The van der Waals surface area contributed by atoms with Gasteiger partial charge in [-0.3, -0.25) is 0 Å². The van der Waals surface area contributed by atoms with Gasteiger partial charge in [0.05, 0.1) is 17.9 Å². The van der Waals surface area contributed by atoms with Crippen LogP contribution >= 0.6 is 11.6 Å². The highest BCUT2D eigenvalue weighted by Gasteiger charge is 2.46. The molecule has 0 N–H and O–H groups in total. The lowest BCUT2D eigenvalue weighted by atomic mass is 10.2. The highest BCUT2D eigenvalue weighted by Crippen LogP contribution is 2.35. The van der Waals surface area contributed by atoms with Gasteiger partial charge in [-0.2, -0.15) is 0 Å². The highest BCUT2D eigenvalue weighted by atomic mass is 35.5. The molecule has 0 aromatic carbocycles. The summed E-state index contributed by atoms with van der Waals surface area (Å²) in [6.07, 6.45) is 2.58. The summed E-state index contributed by atoms with van der Waals surface area (Å²) in [6, 6.07) is 4.34. The van der Waals surface area contributed by atoms with E-state index in [1.54, 1.807) is 12.3 Å². The first-order chi connectivity index (χ1) is 9.83. The first kappa shape index (κ1) is 14.4. The number of rotatable bonds is 1. The Hall–Kier alpha value is -1.49. The Labute approximate surface area is 129 Å². The second kappa shape index (κ2) is 5.05. The molecule has 2 fully saturated rings. The first-order valence-electron chi connectivity index (χ1n) is 7.21. The van der Waals surface area contributed by atoms with Crippen LogP contribution in [0.3, 0.4) is 0 Å². The second-order valence-corrected chi connectivity index (χ2v) is 7.05. The number of piperazine rings is 1. The van der Waals surface area contributed by atoms with Crippen LogP contribution in [0, 0.1) is 0 Å². The zero-order valence-electron chi connectivity index (χ0n) is 12.5. The standard InChI is InChI=1S/C15H20ClN3O2/c1-15(2,3)21-14(20)19-9-11-6-12(19)8-18(11)10-4-5-13(16)17-7-10/h4-5,7,11-12H,6,8-9H2,1-3H3/t11-,12?/m0/s1. The maximum Gasteiger partial charge on any atom is 0.410 e. The molecule has 0 saturated carbocycles. The number of carbonyl (C=O) groups is 1. The molecule has 0 spiro atoms. The number of ether oxygens (including phenoxy) is 1. The van der Waals surface area contributed by atoms with Gasteiger partial charge in [0.25, 0.3) is 0 Å². The van der Waals surface area contributed by atoms with Crippen LogP contribution in [0.4, 0.5) is 10.5 Å². The largest absolute Gasteiger partial charge is 0.444 e. The number of hydrogen-bond acceptors (Lipinski definition) is 4. The fourth-order valence-electron chi connectivity index (χ4n) is 3.07. The molecular weight excluding hydrogens is 290 g/mol. The van der Waals surface area contributed by atoms with E-state index >= 15 is 0 Å². The first-order valence-corrected chi connectivity index (χ1v) is 7.59. The quantitative estimate of drug-likeness (QED) is 0.748. The molecule has 114 valence electrons. The third-order valence-corrected chi connectivity index (χ3v) is 4.14. The predicted octanol–water partition coefficient (Wildman–Crippen LogP) is 2.93. The van der Waals surface area contributed by atoms with E-state index in [4.69, 9.17) is 16.3 Å². The fraction of sp³-hybridized carbons (Fsp3) is 0.600. The molecule has 1 aromatic heterocycles. The lowest BCUT2D eigenvalue weighted by molar-refractivity contribution is 0.0215. The number of carbonyl (C=O) groups excluding carboxylic acids is 1. The minimum atomic E-state index is -0.446. The van der Waals surface area contributed by atoms with Crippen LogP contribution in [0.1, 0.15) is 27.2 Å². The number of halogens is 1. The van der Waals surface area contributed by atoms with Crippen LogP contribution < -0.4 is 4.90 Å². The molecule has 5 nitrogen and oxygen atoms in total. The topological polar surface area (TPSA) is 45.7 Å². The Morgan fingerprint density at radius 3 is 2.62 bits per heavy atom. The highest BCUT2D eigenvalue weighted by molar-refractivity contribution is 6.29. The van der Waals surface area contributed by atoms with Gasteiger partial charge in [0, 0.05) is 19.1 Å². The van der Waals surface area contributed by atoms with Crippen molar-refractivity contribution in [3.63, 3.8) is 0 Å². The molecule has 6 heteroatoms. The van der Waals surface area contributed by atoms with E-state index in [-0.39, 0.29) is 12.1 Å². The van der Waals surface area contributed by atoms with Crippen molar-refractivity contribution >= 4 is 23.4 Å². The maximum atomic E-state index is 12.2. The molecular formula is C15H20ClN3O2. The number of anilines is 1. The van der Waals surface area contributed by atoms with Crippen LogP contribution in [0.25, 0.3) is 0 Å². The smallest absolute Gasteiger partial charge is 0.410 e. The minimum Gasteiger partial charge on any atom is -0.444 e. The third-order valence-electron chi connectivity index (χ3n) is 3.91. The summed E-state index contributed by atoms with van der Waals surface area (Å²) in [7, 11) is 0. The average Bonchev–Trinajstić information content (AvgIpc) is 2.97. The van der Waals surface area contributed by atoms with Crippen molar-refractivity contribution in [2.45, 2.75) is 44.9 Å². The lowest BCUT2D eigenvalue weighted by Gasteiger charge is -2.36. The summed E-state index contributed by atoms with van der Waals surface area (Å²) in [4.78, 5) is 20.5. The normalized spacial score (nSPS) is 24.6. The number of fused-ring (bicyclic) bond motifs is 2. The van der Waals surface area contributed by atoms with Gasteiger partial charge in [0.15, 0.2) is 0 Å². The van der Waals surface area contributed by atoms with Crippen LogP contribution in [0.15, 0.2) is 18.3 Å². The summed E-state index contributed by atoms with van der Waals surface area (Å²) in [5.41, 5.74) is 0.620. The fourth-order valence-corrected chi connectivity index (χ4v) is 3.18. The van der Waals surface area contributed by atoms with Gasteiger partial charge < -0.3 is 14.5 Å². The zero-order valence-corrected chi connectivity index (χ0v) is 13.3. The molecule has 2 saturated heterocycles. The van der Waals surface area contributed by atoms with Crippen molar-refractivity contribution < 1.29 is 9.53 Å². The molecule has 2 atom stereocenters. The molecule has 1 amide bonds.